The van der Waals surface area contributed by atoms with Gasteiger partial charge in [-0.1, -0.05) is 42.5 Å². The summed E-state index contributed by atoms with van der Waals surface area (Å²) in [5, 5.41) is 11.0. The number of anilines is 3. The number of aromatic nitrogens is 4. The maximum absolute atomic E-state index is 12.6. The Morgan fingerprint density at radius 2 is 2.08 bits per heavy atom. The molecule has 198 valence electrons. The van der Waals surface area contributed by atoms with E-state index in [-0.39, 0.29) is 5.91 Å². The molecule has 0 aliphatic carbocycles. The number of nitrogens with one attached hydrogen (secondary N) is 2. The standard InChI is InChI=1S/C29H28ClN7O2/c1-4-5-9-27(38)33-23-16-24(26(39-3)15-20(23)19-10-13-36(2)14-11-19)34-29-31-18-22(30)28(35-29)21-17-32-37-12-7-6-8-25(21)37/h4-10,12,15-18H,1,11,13-14H2,2-3H3,(H,33,38)(H,31,34,35)/b9-5+. The average molecular weight is 542 g/mol. The lowest BCUT2D eigenvalue weighted by atomic mass is 9.97. The normalized spacial score (nSPS) is 13.9. The van der Waals surface area contributed by atoms with E-state index in [1.54, 1.807) is 36.2 Å². The van der Waals surface area contributed by atoms with Crippen molar-refractivity contribution in [3.05, 3.63) is 90.4 Å². The molecule has 0 saturated carbocycles. The number of hydrogen-bond donors (Lipinski definition) is 2. The summed E-state index contributed by atoms with van der Waals surface area (Å²) >= 11 is 6.51. The van der Waals surface area contributed by atoms with Crippen LogP contribution in [0.15, 0.2) is 79.8 Å². The Kier molecular flexibility index (Phi) is 7.72. The summed E-state index contributed by atoms with van der Waals surface area (Å²) in [6.45, 7) is 5.38. The molecule has 0 radical (unpaired) electrons. The van der Waals surface area contributed by atoms with Gasteiger partial charge in [0, 0.05) is 36.5 Å². The van der Waals surface area contributed by atoms with Crippen molar-refractivity contribution in [2.45, 2.75) is 6.42 Å². The van der Waals surface area contributed by atoms with Crippen molar-refractivity contribution in [2.75, 3.05) is 37.9 Å². The number of amides is 1. The van der Waals surface area contributed by atoms with Crippen molar-refractivity contribution >= 4 is 45.9 Å². The average Bonchev–Trinajstić information content (AvgIpc) is 3.38. The molecular weight excluding hydrogens is 514 g/mol. The van der Waals surface area contributed by atoms with Gasteiger partial charge in [0.1, 0.15) is 5.75 Å². The highest BCUT2D eigenvalue weighted by atomic mass is 35.5. The molecule has 1 aromatic carbocycles. The monoisotopic (exact) mass is 541 g/mol. The number of allylic oxidation sites excluding steroid dienone is 2. The molecule has 1 amide bonds. The molecule has 39 heavy (non-hydrogen) atoms. The first-order valence-corrected chi connectivity index (χ1v) is 12.8. The van der Waals surface area contributed by atoms with E-state index in [4.69, 9.17) is 21.3 Å². The molecule has 4 heterocycles. The lowest BCUT2D eigenvalue weighted by molar-refractivity contribution is -0.111. The molecule has 9 nitrogen and oxygen atoms in total. The van der Waals surface area contributed by atoms with Crippen molar-refractivity contribution in [1.29, 1.82) is 0 Å². The van der Waals surface area contributed by atoms with E-state index < -0.39 is 0 Å². The van der Waals surface area contributed by atoms with E-state index in [1.165, 1.54) is 6.08 Å². The quantitative estimate of drug-likeness (QED) is 0.221. The third kappa shape index (κ3) is 5.69. The Labute approximate surface area is 231 Å². The molecule has 0 spiro atoms. The summed E-state index contributed by atoms with van der Waals surface area (Å²) < 4.78 is 7.50. The molecule has 1 aliphatic rings. The first kappa shape index (κ1) is 26.1. The molecule has 0 unspecified atom stereocenters. The van der Waals surface area contributed by atoms with Gasteiger partial charge in [0.25, 0.3) is 0 Å². The van der Waals surface area contributed by atoms with Gasteiger partial charge in [-0.2, -0.15) is 5.10 Å². The van der Waals surface area contributed by atoms with Crippen molar-refractivity contribution in [3.8, 4) is 17.0 Å². The van der Waals surface area contributed by atoms with Gasteiger partial charge in [-0.3, -0.25) is 4.79 Å². The van der Waals surface area contributed by atoms with Crippen LogP contribution in [0.5, 0.6) is 5.75 Å². The number of methoxy groups -OCH3 is 1. The second kappa shape index (κ2) is 11.5. The van der Waals surface area contributed by atoms with E-state index in [2.05, 4.69) is 45.3 Å². The third-order valence-electron chi connectivity index (χ3n) is 6.41. The van der Waals surface area contributed by atoms with Gasteiger partial charge in [0.05, 0.1) is 47.1 Å². The lowest BCUT2D eigenvalue weighted by Crippen LogP contribution is -2.24. The van der Waals surface area contributed by atoms with Crippen LogP contribution < -0.4 is 15.4 Å². The number of rotatable bonds is 8. The van der Waals surface area contributed by atoms with Crippen LogP contribution in [0.25, 0.3) is 22.3 Å². The summed E-state index contributed by atoms with van der Waals surface area (Å²) in [7, 11) is 3.68. The Balaban J connectivity index is 1.54. The molecule has 0 fully saturated rings. The predicted octanol–water partition coefficient (Wildman–Crippen LogP) is 5.60. The molecule has 3 aromatic heterocycles. The van der Waals surface area contributed by atoms with E-state index in [0.29, 0.717) is 33.8 Å². The molecular formula is C29H28ClN7O2. The third-order valence-corrected chi connectivity index (χ3v) is 6.69. The van der Waals surface area contributed by atoms with Gasteiger partial charge in [-0.15, -0.1) is 0 Å². The fourth-order valence-electron chi connectivity index (χ4n) is 4.41. The number of benzene rings is 1. The van der Waals surface area contributed by atoms with Gasteiger partial charge < -0.3 is 20.3 Å². The van der Waals surface area contributed by atoms with Gasteiger partial charge in [0.15, 0.2) is 0 Å². The van der Waals surface area contributed by atoms with Crippen molar-refractivity contribution in [2.24, 2.45) is 0 Å². The van der Waals surface area contributed by atoms with Gasteiger partial charge >= 0.3 is 0 Å². The number of halogens is 1. The summed E-state index contributed by atoms with van der Waals surface area (Å²) in [5.41, 5.74) is 5.47. The van der Waals surface area contributed by atoms with Crippen LogP contribution in [-0.2, 0) is 4.79 Å². The number of pyridine rings is 1. The number of ether oxygens (including phenoxy) is 1. The Morgan fingerprint density at radius 3 is 2.85 bits per heavy atom. The van der Waals surface area contributed by atoms with Crippen LogP contribution in [-0.4, -0.2) is 57.6 Å². The first-order chi connectivity index (χ1) is 19.0. The minimum atomic E-state index is -0.265. The van der Waals surface area contributed by atoms with E-state index in [1.807, 2.05) is 36.5 Å². The fraction of sp³-hybridized carbons (Fsp3) is 0.172. The Bertz CT molecular complexity index is 1610. The van der Waals surface area contributed by atoms with Crippen LogP contribution >= 0.6 is 11.6 Å². The molecule has 2 N–H and O–H groups in total. The van der Waals surface area contributed by atoms with E-state index in [0.717, 1.165) is 41.7 Å². The van der Waals surface area contributed by atoms with Crippen LogP contribution in [0.2, 0.25) is 5.02 Å². The highest BCUT2D eigenvalue weighted by Gasteiger charge is 2.19. The lowest BCUT2D eigenvalue weighted by Gasteiger charge is -2.24. The number of likely N-dealkylation sites (N-methyl/N-ethyl adjacent to an activating group) is 1. The zero-order valence-corrected chi connectivity index (χ0v) is 22.4. The molecule has 10 heteroatoms. The SMILES string of the molecule is C=C/C=C/C(=O)Nc1cc(Nc2ncc(Cl)c(-c3cnn4ccccc34)n2)c(OC)cc1C1=CCN(C)CC1. The number of nitrogens with zero attached hydrogens (tertiary/aromatic N) is 5. The summed E-state index contributed by atoms with van der Waals surface area (Å²) in [6, 6.07) is 9.54. The maximum atomic E-state index is 12.6. The van der Waals surface area contributed by atoms with Gasteiger partial charge in [-0.25, -0.2) is 14.5 Å². The summed E-state index contributed by atoms with van der Waals surface area (Å²) in [6.07, 6.45) is 12.7. The number of carbonyl (C=O) groups is 1. The summed E-state index contributed by atoms with van der Waals surface area (Å²) in [5.74, 6) is 0.637. The molecule has 4 aromatic rings. The number of hydrogen-bond acceptors (Lipinski definition) is 7. The first-order valence-electron chi connectivity index (χ1n) is 12.4. The van der Waals surface area contributed by atoms with Crippen LogP contribution in [0.1, 0.15) is 12.0 Å². The van der Waals surface area contributed by atoms with Crippen LogP contribution in [0.4, 0.5) is 17.3 Å². The largest absolute Gasteiger partial charge is 0.495 e. The highest BCUT2D eigenvalue weighted by Crippen LogP contribution is 2.39. The fourth-order valence-corrected chi connectivity index (χ4v) is 4.61. The highest BCUT2D eigenvalue weighted by molar-refractivity contribution is 6.33. The summed E-state index contributed by atoms with van der Waals surface area (Å²) in [4.78, 5) is 24.0. The zero-order chi connectivity index (χ0) is 27.4. The number of fused-ring (bicyclic) bond motifs is 1. The second-order valence-electron chi connectivity index (χ2n) is 9.03. The molecule has 0 saturated heterocycles. The minimum absolute atomic E-state index is 0.265. The Morgan fingerprint density at radius 1 is 1.21 bits per heavy atom. The smallest absolute Gasteiger partial charge is 0.248 e. The predicted molar refractivity (Wildman–Crippen MR) is 156 cm³/mol. The van der Waals surface area contributed by atoms with Crippen molar-refractivity contribution in [1.82, 2.24) is 24.5 Å². The van der Waals surface area contributed by atoms with E-state index in [9.17, 15) is 4.79 Å². The van der Waals surface area contributed by atoms with Crippen molar-refractivity contribution < 1.29 is 9.53 Å². The van der Waals surface area contributed by atoms with Crippen LogP contribution in [0, 0.1) is 0 Å². The van der Waals surface area contributed by atoms with Crippen molar-refractivity contribution in [3.63, 3.8) is 0 Å². The zero-order valence-electron chi connectivity index (χ0n) is 21.7. The molecule has 1 aliphatic heterocycles. The van der Waals surface area contributed by atoms with Crippen LogP contribution in [0.3, 0.4) is 0 Å². The van der Waals surface area contributed by atoms with E-state index >= 15 is 0 Å². The maximum Gasteiger partial charge on any atom is 0.248 e. The minimum Gasteiger partial charge on any atom is -0.495 e. The Hall–Kier alpha value is -4.47. The van der Waals surface area contributed by atoms with Gasteiger partial charge in [0.2, 0.25) is 11.9 Å². The molecule has 5 rings (SSSR count). The topological polar surface area (TPSA) is 96.7 Å². The number of carbonyl (C=O) groups excluding carboxylic acids is 1. The second-order valence-corrected chi connectivity index (χ2v) is 9.43. The molecule has 0 bridgehead atoms. The van der Waals surface area contributed by atoms with Gasteiger partial charge in [-0.05, 0) is 43.3 Å². The molecule has 0 atom stereocenters.